The van der Waals surface area contributed by atoms with Gasteiger partial charge in [0.25, 0.3) is 0 Å². The molecule has 1 atom stereocenters. The maximum atomic E-state index is 11.8. The molecule has 3 heteroatoms. The molecule has 1 aromatic rings. The molecule has 1 unspecified atom stereocenters. The summed E-state index contributed by atoms with van der Waals surface area (Å²) in [6.07, 6.45) is 5.98. The van der Waals surface area contributed by atoms with Gasteiger partial charge in [-0.2, -0.15) is 0 Å². The molecule has 19 heavy (non-hydrogen) atoms. The van der Waals surface area contributed by atoms with Crippen LogP contribution in [0.2, 0.25) is 0 Å². The van der Waals surface area contributed by atoms with Gasteiger partial charge in [-0.05, 0) is 32.8 Å². The van der Waals surface area contributed by atoms with Gasteiger partial charge in [-0.3, -0.25) is 4.79 Å². The maximum Gasteiger partial charge on any atom is 0.179 e. The Bertz CT molecular complexity index is 423. The number of carbonyl (C=O) groups is 1. The normalized spacial score (nSPS) is 12.7. The molecular formula is C16H26ClNO. The van der Waals surface area contributed by atoms with E-state index in [1.165, 1.54) is 37.8 Å². The van der Waals surface area contributed by atoms with Crippen LogP contribution >= 0.6 is 11.6 Å². The first-order valence-corrected chi connectivity index (χ1v) is 7.87. The van der Waals surface area contributed by atoms with Crippen LogP contribution in [0.5, 0.6) is 0 Å². The second kappa shape index (κ2) is 7.74. The van der Waals surface area contributed by atoms with Crippen molar-refractivity contribution in [1.29, 1.82) is 0 Å². The number of aromatic nitrogens is 1. The predicted octanol–water partition coefficient (Wildman–Crippen LogP) is 5.06. The number of aryl methyl sites for hydroxylation is 1. The van der Waals surface area contributed by atoms with Crippen LogP contribution in [0.1, 0.15) is 73.7 Å². The molecule has 0 spiro atoms. The SMILES string of the molecule is CCCCC(CCC)n1c(C)cc(C(=O)CCl)c1C. The van der Waals surface area contributed by atoms with Gasteiger partial charge >= 0.3 is 0 Å². The average molecular weight is 284 g/mol. The highest BCUT2D eigenvalue weighted by Crippen LogP contribution is 2.28. The summed E-state index contributed by atoms with van der Waals surface area (Å²) in [5.74, 6) is 0.101. The Labute approximate surface area is 122 Å². The Morgan fingerprint density at radius 1 is 1.26 bits per heavy atom. The second-order valence-corrected chi connectivity index (χ2v) is 5.56. The maximum absolute atomic E-state index is 11.8. The predicted molar refractivity (Wildman–Crippen MR) is 82.4 cm³/mol. The van der Waals surface area contributed by atoms with Gasteiger partial charge in [0.15, 0.2) is 5.78 Å². The lowest BCUT2D eigenvalue weighted by Crippen LogP contribution is -2.13. The minimum Gasteiger partial charge on any atom is -0.345 e. The van der Waals surface area contributed by atoms with Crippen LogP contribution in [-0.4, -0.2) is 16.2 Å². The summed E-state index contributed by atoms with van der Waals surface area (Å²) in [4.78, 5) is 11.8. The van der Waals surface area contributed by atoms with E-state index in [1.807, 2.05) is 13.0 Å². The minimum absolute atomic E-state index is 0.0340. The lowest BCUT2D eigenvalue weighted by molar-refractivity contribution is 0.102. The van der Waals surface area contributed by atoms with E-state index in [1.54, 1.807) is 0 Å². The highest BCUT2D eigenvalue weighted by molar-refractivity contribution is 6.30. The van der Waals surface area contributed by atoms with Gasteiger partial charge < -0.3 is 4.57 Å². The molecule has 0 aromatic carbocycles. The number of halogens is 1. The third-order valence-corrected chi connectivity index (χ3v) is 4.03. The summed E-state index contributed by atoms with van der Waals surface area (Å²) in [6.45, 7) is 8.58. The van der Waals surface area contributed by atoms with E-state index >= 15 is 0 Å². The molecule has 0 bridgehead atoms. The molecule has 0 aliphatic carbocycles. The molecule has 0 N–H and O–H groups in total. The zero-order valence-corrected chi connectivity index (χ0v) is 13.4. The summed E-state index contributed by atoms with van der Waals surface area (Å²) in [6, 6.07) is 2.51. The van der Waals surface area contributed by atoms with Gasteiger partial charge in [0.1, 0.15) is 0 Å². The van der Waals surface area contributed by atoms with Crippen LogP contribution in [0.25, 0.3) is 0 Å². The number of hydrogen-bond acceptors (Lipinski definition) is 1. The summed E-state index contributed by atoms with van der Waals surface area (Å²) in [5, 5.41) is 0. The van der Waals surface area contributed by atoms with Crippen molar-refractivity contribution in [1.82, 2.24) is 4.57 Å². The smallest absolute Gasteiger partial charge is 0.179 e. The molecule has 0 radical (unpaired) electrons. The number of hydrogen-bond donors (Lipinski definition) is 0. The van der Waals surface area contributed by atoms with Crippen LogP contribution < -0.4 is 0 Å². The molecule has 0 fully saturated rings. The fourth-order valence-electron chi connectivity index (χ4n) is 2.87. The van der Waals surface area contributed by atoms with Crippen LogP contribution in [0.15, 0.2) is 6.07 Å². The molecule has 0 saturated carbocycles. The average Bonchev–Trinajstić information content (AvgIpc) is 2.69. The van der Waals surface area contributed by atoms with E-state index in [-0.39, 0.29) is 11.7 Å². The highest BCUT2D eigenvalue weighted by Gasteiger charge is 2.19. The van der Waals surface area contributed by atoms with E-state index in [0.717, 1.165) is 11.3 Å². The topological polar surface area (TPSA) is 22.0 Å². The van der Waals surface area contributed by atoms with Crippen molar-refractivity contribution in [3.05, 3.63) is 23.0 Å². The van der Waals surface area contributed by atoms with Gasteiger partial charge in [-0.25, -0.2) is 0 Å². The number of Topliss-reactive ketones (excluding diaryl/α,β-unsaturated/α-hetero) is 1. The number of carbonyl (C=O) groups excluding carboxylic acids is 1. The van der Waals surface area contributed by atoms with E-state index in [4.69, 9.17) is 11.6 Å². The molecule has 1 aromatic heterocycles. The van der Waals surface area contributed by atoms with Crippen molar-refractivity contribution in [3.8, 4) is 0 Å². The largest absolute Gasteiger partial charge is 0.345 e. The second-order valence-electron chi connectivity index (χ2n) is 5.30. The van der Waals surface area contributed by atoms with E-state index in [9.17, 15) is 4.79 Å². The third kappa shape index (κ3) is 3.85. The molecule has 1 heterocycles. The summed E-state index contributed by atoms with van der Waals surface area (Å²) < 4.78 is 2.35. The monoisotopic (exact) mass is 283 g/mol. The van der Waals surface area contributed by atoms with Crippen LogP contribution in [0.4, 0.5) is 0 Å². The number of nitrogens with zero attached hydrogens (tertiary/aromatic N) is 1. The number of alkyl halides is 1. The Balaban J connectivity index is 3.08. The molecule has 0 aliphatic rings. The summed E-state index contributed by atoms with van der Waals surface area (Å²) in [7, 11) is 0. The lowest BCUT2D eigenvalue weighted by Gasteiger charge is -2.22. The first-order chi connectivity index (χ1) is 9.06. The van der Waals surface area contributed by atoms with E-state index < -0.39 is 0 Å². The van der Waals surface area contributed by atoms with Crippen LogP contribution in [0.3, 0.4) is 0 Å². The zero-order chi connectivity index (χ0) is 14.4. The van der Waals surface area contributed by atoms with Crippen molar-refractivity contribution >= 4 is 17.4 Å². The number of unbranched alkanes of at least 4 members (excludes halogenated alkanes) is 1. The molecular weight excluding hydrogens is 258 g/mol. The first kappa shape index (κ1) is 16.3. The van der Waals surface area contributed by atoms with Crippen molar-refractivity contribution < 1.29 is 4.79 Å². The molecule has 0 aliphatic heterocycles. The summed E-state index contributed by atoms with van der Waals surface area (Å²) >= 11 is 5.69. The van der Waals surface area contributed by atoms with Gasteiger partial charge in [0.2, 0.25) is 0 Å². The molecule has 0 amide bonds. The van der Waals surface area contributed by atoms with Gasteiger partial charge in [0, 0.05) is 23.0 Å². The lowest BCUT2D eigenvalue weighted by atomic mass is 10.0. The van der Waals surface area contributed by atoms with E-state index in [2.05, 4.69) is 25.3 Å². The van der Waals surface area contributed by atoms with Gasteiger partial charge in [0.05, 0.1) is 5.88 Å². The van der Waals surface area contributed by atoms with Gasteiger partial charge in [-0.1, -0.05) is 33.1 Å². The summed E-state index contributed by atoms with van der Waals surface area (Å²) in [5.41, 5.74) is 3.06. The zero-order valence-electron chi connectivity index (χ0n) is 12.6. The Hall–Kier alpha value is -0.760. The molecule has 1 rings (SSSR count). The Morgan fingerprint density at radius 3 is 2.47 bits per heavy atom. The minimum atomic E-state index is 0.0340. The number of ketones is 1. The van der Waals surface area contributed by atoms with Crippen molar-refractivity contribution in [3.63, 3.8) is 0 Å². The highest BCUT2D eigenvalue weighted by atomic mass is 35.5. The standard InChI is InChI=1S/C16H26ClNO/c1-5-7-9-14(8-6-2)18-12(3)10-15(13(18)4)16(19)11-17/h10,14H,5-9,11H2,1-4H3. The van der Waals surface area contributed by atoms with Gasteiger partial charge in [-0.15, -0.1) is 11.6 Å². The Kier molecular flexibility index (Phi) is 6.64. The van der Waals surface area contributed by atoms with E-state index in [0.29, 0.717) is 6.04 Å². The van der Waals surface area contributed by atoms with Crippen LogP contribution in [-0.2, 0) is 0 Å². The molecule has 2 nitrogen and oxygen atoms in total. The number of rotatable bonds is 8. The Morgan fingerprint density at radius 2 is 1.95 bits per heavy atom. The van der Waals surface area contributed by atoms with Crippen molar-refractivity contribution in [2.24, 2.45) is 0 Å². The third-order valence-electron chi connectivity index (χ3n) is 3.78. The fourth-order valence-corrected chi connectivity index (χ4v) is 3.01. The van der Waals surface area contributed by atoms with Crippen molar-refractivity contribution in [2.45, 2.75) is 65.8 Å². The quantitative estimate of drug-likeness (QED) is 0.483. The van der Waals surface area contributed by atoms with Crippen molar-refractivity contribution in [2.75, 3.05) is 5.88 Å². The fraction of sp³-hybridized carbons (Fsp3) is 0.688. The molecule has 0 saturated heterocycles. The first-order valence-electron chi connectivity index (χ1n) is 7.34. The van der Waals surface area contributed by atoms with Crippen LogP contribution in [0, 0.1) is 13.8 Å². The molecule has 108 valence electrons.